The van der Waals surface area contributed by atoms with Crippen LogP contribution in [-0.4, -0.2) is 29.8 Å². The average molecular weight is 368 g/mol. The Kier molecular flexibility index (Phi) is 5.88. The van der Waals surface area contributed by atoms with E-state index in [0.29, 0.717) is 13.1 Å². The summed E-state index contributed by atoms with van der Waals surface area (Å²) < 4.78 is 11.4. The lowest BCUT2D eigenvalue weighted by Crippen LogP contribution is -2.47. The topological polar surface area (TPSA) is 76.7 Å². The van der Waals surface area contributed by atoms with Crippen LogP contribution in [0.15, 0.2) is 60.7 Å². The monoisotopic (exact) mass is 368 g/mol. The highest BCUT2D eigenvalue weighted by molar-refractivity contribution is 5.91. The normalized spacial score (nSPS) is 20.8. The SMILES string of the molecule is CC1(C)O[C@H](C(=O)NCc2ccccc2)[C@@H](C(=O)NCc2ccccc2)O1. The van der Waals surface area contributed by atoms with Crippen molar-refractivity contribution in [2.45, 2.75) is 44.9 Å². The summed E-state index contributed by atoms with van der Waals surface area (Å²) in [5.41, 5.74) is 1.93. The molecule has 6 nitrogen and oxygen atoms in total. The molecule has 2 aromatic carbocycles. The molecule has 1 heterocycles. The second-order valence-corrected chi connectivity index (χ2v) is 6.88. The first-order valence-electron chi connectivity index (χ1n) is 8.93. The van der Waals surface area contributed by atoms with Gasteiger partial charge in [0.15, 0.2) is 18.0 Å². The fourth-order valence-corrected chi connectivity index (χ4v) is 2.92. The standard InChI is InChI=1S/C21H24N2O4/c1-21(2)26-17(19(24)22-13-15-9-5-3-6-10-15)18(27-21)20(25)23-14-16-11-7-4-8-12-16/h3-12,17-18H,13-14H2,1-2H3,(H,22,24)(H,23,25)/t17-,18-/m0/s1. The largest absolute Gasteiger partial charge is 0.350 e. The molecule has 2 aromatic rings. The van der Waals surface area contributed by atoms with Gasteiger partial charge in [-0.25, -0.2) is 0 Å². The van der Waals surface area contributed by atoms with E-state index in [4.69, 9.17) is 9.47 Å². The lowest BCUT2D eigenvalue weighted by molar-refractivity contribution is -0.159. The van der Waals surface area contributed by atoms with Gasteiger partial charge >= 0.3 is 0 Å². The molecule has 1 fully saturated rings. The molecule has 1 saturated heterocycles. The first kappa shape index (κ1) is 19.1. The van der Waals surface area contributed by atoms with Crippen LogP contribution in [0.25, 0.3) is 0 Å². The molecule has 2 N–H and O–H groups in total. The summed E-state index contributed by atoms with van der Waals surface area (Å²) in [5, 5.41) is 5.63. The summed E-state index contributed by atoms with van der Waals surface area (Å²) in [6, 6.07) is 19.1. The van der Waals surface area contributed by atoms with E-state index in [0.717, 1.165) is 11.1 Å². The minimum absolute atomic E-state index is 0.359. The Bertz CT molecular complexity index is 712. The van der Waals surface area contributed by atoms with Crippen molar-refractivity contribution in [1.82, 2.24) is 10.6 Å². The number of hydrogen-bond acceptors (Lipinski definition) is 4. The van der Waals surface area contributed by atoms with Gasteiger partial charge in [-0.3, -0.25) is 9.59 Å². The molecular weight excluding hydrogens is 344 g/mol. The van der Waals surface area contributed by atoms with Gasteiger partial charge in [0.25, 0.3) is 11.8 Å². The van der Waals surface area contributed by atoms with Crippen LogP contribution in [0.5, 0.6) is 0 Å². The molecule has 2 amide bonds. The number of rotatable bonds is 6. The fourth-order valence-electron chi connectivity index (χ4n) is 2.92. The number of nitrogens with one attached hydrogen (secondary N) is 2. The molecular formula is C21H24N2O4. The smallest absolute Gasteiger partial charge is 0.252 e. The van der Waals surface area contributed by atoms with Crippen molar-refractivity contribution in [1.29, 1.82) is 0 Å². The van der Waals surface area contributed by atoms with Crippen LogP contribution in [-0.2, 0) is 32.2 Å². The van der Waals surface area contributed by atoms with Crippen molar-refractivity contribution >= 4 is 11.8 Å². The molecule has 0 saturated carbocycles. The molecule has 1 aliphatic heterocycles. The van der Waals surface area contributed by atoms with Crippen LogP contribution < -0.4 is 10.6 Å². The Hall–Kier alpha value is -2.70. The molecule has 0 radical (unpaired) electrons. The Morgan fingerprint density at radius 1 is 0.778 bits per heavy atom. The van der Waals surface area contributed by atoms with Crippen LogP contribution in [0.4, 0.5) is 0 Å². The second kappa shape index (κ2) is 8.33. The molecule has 142 valence electrons. The third kappa shape index (κ3) is 5.15. The van der Waals surface area contributed by atoms with Crippen LogP contribution in [0, 0.1) is 0 Å². The van der Waals surface area contributed by atoms with Crippen LogP contribution >= 0.6 is 0 Å². The first-order chi connectivity index (χ1) is 12.9. The highest BCUT2D eigenvalue weighted by atomic mass is 16.8. The molecule has 0 aromatic heterocycles. The van der Waals surface area contributed by atoms with Crippen LogP contribution in [0.3, 0.4) is 0 Å². The summed E-state index contributed by atoms with van der Waals surface area (Å²) in [6.07, 6.45) is -2.00. The van der Waals surface area contributed by atoms with E-state index in [9.17, 15) is 9.59 Å². The maximum atomic E-state index is 12.6. The van der Waals surface area contributed by atoms with E-state index in [1.165, 1.54) is 0 Å². The van der Waals surface area contributed by atoms with Crippen molar-refractivity contribution in [3.8, 4) is 0 Å². The van der Waals surface area contributed by atoms with Gasteiger partial charge in [0.2, 0.25) is 0 Å². The average Bonchev–Trinajstić information content (AvgIpc) is 3.01. The molecule has 0 spiro atoms. The van der Waals surface area contributed by atoms with E-state index in [-0.39, 0.29) is 11.8 Å². The molecule has 27 heavy (non-hydrogen) atoms. The van der Waals surface area contributed by atoms with Gasteiger partial charge in [-0.15, -0.1) is 0 Å². The number of amides is 2. The van der Waals surface area contributed by atoms with Gasteiger partial charge in [0, 0.05) is 13.1 Å². The summed E-state index contributed by atoms with van der Waals surface area (Å²) >= 11 is 0. The number of carbonyl (C=O) groups is 2. The van der Waals surface area contributed by atoms with E-state index in [1.807, 2.05) is 60.7 Å². The number of hydrogen-bond donors (Lipinski definition) is 2. The van der Waals surface area contributed by atoms with Crippen LogP contribution in [0.2, 0.25) is 0 Å². The third-order valence-electron chi connectivity index (χ3n) is 4.23. The quantitative estimate of drug-likeness (QED) is 0.819. The zero-order chi connectivity index (χ0) is 19.3. The summed E-state index contributed by atoms with van der Waals surface area (Å²) in [5.74, 6) is -1.75. The van der Waals surface area contributed by atoms with Crippen molar-refractivity contribution in [3.63, 3.8) is 0 Å². The second-order valence-electron chi connectivity index (χ2n) is 6.88. The Morgan fingerprint density at radius 3 is 1.52 bits per heavy atom. The number of carbonyl (C=O) groups excluding carboxylic acids is 2. The Labute approximate surface area is 158 Å². The van der Waals surface area contributed by atoms with Crippen LogP contribution in [0.1, 0.15) is 25.0 Å². The maximum Gasteiger partial charge on any atom is 0.252 e. The van der Waals surface area contributed by atoms with Gasteiger partial charge in [-0.1, -0.05) is 60.7 Å². The Morgan fingerprint density at radius 2 is 1.15 bits per heavy atom. The fraction of sp³-hybridized carbons (Fsp3) is 0.333. The van der Waals surface area contributed by atoms with E-state index in [1.54, 1.807) is 13.8 Å². The van der Waals surface area contributed by atoms with E-state index in [2.05, 4.69) is 10.6 Å². The predicted octanol–water partition coefficient (Wildman–Crippen LogP) is 2.14. The zero-order valence-electron chi connectivity index (χ0n) is 15.5. The minimum atomic E-state index is -1.01. The van der Waals surface area contributed by atoms with Crippen molar-refractivity contribution in [3.05, 3.63) is 71.8 Å². The predicted molar refractivity (Wildman–Crippen MR) is 100 cm³/mol. The maximum absolute atomic E-state index is 12.6. The minimum Gasteiger partial charge on any atom is -0.350 e. The summed E-state index contributed by atoms with van der Waals surface area (Å²) in [7, 11) is 0. The lowest BCUT2D eigenvalue weighted by Gasteiger charge is -2.16. The summed E-state index contributed by atoms with van der Waals surface area (Å²) in [4.78, 5) is 25.2. The molecule has 0 bridgehead atoms. The van der Waals surface area contributed by atoms with Crippen molar-refractivity contribution in [2.24, 2.45) is 0 Å². The van der Waals surface area contributed by atoms with E-state index >= 15 is 0 Å². The molecule has 2 atom stereocenters. The van der Waals surface area contributed by atoms with Crippen molar-refractivity contribution in [2.75, 3.05) is 0 Å². The Balaban J connectivity index is 1.61. The molecule has 3 rings (SSSR count). The third-order valence-corrected chi connectivity index (χ3v) is 4.23. The molecule has 0 unspecified atom stereocenters. The molecule has 0 aliphatic carbocycles. The van der Waals surface area contributed by atoms with Crippen molar-refractivity contribution < 1.29 is 19.1 Å². The van der Waals surface area contributed by atoms with Gasteiger partial charge in [-0.2, -0.15) is 0 Å². The highest BCUT2D eigenvalue weighted by Crippen LogP contribution is 2.28. The molecule has 6 heteroatoms. The first-order valence-corrected chi connectivity index (χ1v) is 8.93. The van der Waals surface area contributed by atoms with E-state index < -0.39 is 18.0 Å². The lowest BCUT2D eigenvalue weighted by atomic mass is 10.1. The number of benzene rings is 2. The van der Waals surface area contributed by atoms with Gasteiger partial charge in [0.1, 0.15) is 0 Å². The highest BCUT2D eigenvalue weighted by Gasteiger charge is 2.48. The summed E-state index contributed by atoms with van der Waals surface area (Å²) in [6.45, 7) is 4.10. The van der Waals surface area contributed by atoms with Gasteiger partial charge in [0.05, 0.1) is 0 Å². The van der Waals surface area contributed by atoms with Gasteiger partial charge < -0.3 is 20.1 Å². The zero-order valence-corrected chi connectivity index (χ0v) is 15.5. The number of ether oxygens (including phenoxy) is 2. The van der Waals surface area contributed by atoms with Gasteiger partial charge in [-0.05, 0) is 25.0 Å². The molecule has 1 aliphatic rings.